The Morgan fingerprint density at radius 3 is 2.81 bits per heavy atom. The van der Waals surface area contributed by atoms with Gasteiger partial charge in [-0.05, 0) is 56.8 Å². The van der Waals surface area contributed by atoms with Crippen LogP contribution in [0.5, 0.6) is 0 Å². The topological polar surface area (TPSA) is 53.1 Å². The molecule has 3 heterocycles. The molecule has 5 nitrogen and oxygen atoms in total. The molecule has 0 spiro atoms. The molecular formula is C20H26FN5. The highest BCUT2D eigenvalue weighted by Gasteiger charge is 2.32. The molecule has 0 amide bonds. The first-order valence-corrected chi connectivity index (χ1v) is 9.62. The monoisotopic (exact) mass is 355 g/mol. The number of para-hydroxylation sites is 1. The van der Waals surface area contributed by atoms with E-state index in [1.165, 1.54) is 51.4 Å². The number of hydrogen-bond acceptors (Lipinski definition) is 5. The molecule has 2 aromatic rings. The summed E-state index contributed by atoms with van der Waals surface area (Å²) in [7, 11) is 0. The van der Waals surface area contributed by atoms with Gasteiger partial charge in [0, 0.05) is 18.3 Å². The van der Waals surface area contributed by atoms with Crippen LogP contribution in [0.2, 0.25) is 0 Å². The van der Waals surface area contributed by atoms with Crippen molar-refractivity contribution in [1.82, 2.24) is 14.9 Å². The Labute approximate surface area is 154 Å². The number of hydrogen-bond donors (Lipinski definition) is 2. The summed E-state index contributed by atoms with van der Waals surface area (Å²) in [5.41, 5.74) is 0.884. The van der Waals surface area contributed by atoms with Gasteiger partial charge in [-0.2, -0.15) is 4.98 Å². The molecule has 2 atom stereocenters. The molecule has 2 aliphatic rings. The van der Waals surface area contributed by atoms with Crippen molar-refractivity contribution in [3.63, 3.8) is 0 Å². The molecule has 1 aromatic carbocycles. The molecule has 6 heteroatoms. The minimum absolute atomic E-state index is 0.284. The van der Waals surface area contributed by atoms with Crippen LogP contribution in [0, 0.1) is 11.7 Å². The van der Waals surface area contributed by atoms with Gasteiger partial charge in [0.15, 0.2) is 11.6 Å². The van der Waals surface area contributed by atoms with Gasteiger partial charge in [-0.15, -0.1) is 0 Å². The summed E-state index contributed by atoms with van der Waals surface area (Å²) in [6, 6.07) is 10.3. The van der Waals surface area contributed by atoms with Crippen LogP contribution in [0.3, 0.4) is 0 Å². The van der Waals surface area contributed by atoms with E-state index >= 15 is 0 Å². The summed E-state index contributed by atoms with van der Waals surface area (Å²) in [5, 5.41) is 6.37. The van der Waals surface area contributed by atoms with Gasteiger partial charge in [0.25, 0.3) is 0 Å². The number of nitrogens with one attached hydrogen (secondary N) is 2. The van der Waals surface area contributed by atoms with E-state index in [1.54, 1.807) is 0 Å². The van der Waals surface area contributed by atoms with E-state index in [1.807, 2.05) is 30.3 Å². The fourth-order valence-electron chi connectivity index (χ4n) is 4.24. The summed E-state index contributed by atoms with van der Waals surface area (Å²) in [4.78, 5) is 11.0. The maximum atomic E-state index is 14.2. The SMILES string of the molecule is Fc1cnc(Nc2ccccc2)nc1NC[C@@H]1CCCN2CCCC[C@H]12. The normalized spacial score (nSPS) is 23.3. The molecule has 4 rings (SSSR count). The third-order valence-electron chi connectivity index (χ3n) is 5.53. The lowest BCUT2D eigenvalue weighted by molar-refractivity contribution is 0.0648. The molecule has 2 saturated heterocycles. The molecule has 2 aliphatic heterocycles. The van der Waals surface area contributed by atoms with E-state index in [9.17, 15) is 4.39 Å². The predicted octanol–water partition coefficient (Wildman–Crippen LogP) is 4.04. The molecule has 2 fully saturated rings. The lowest BCUT2D eigenvalue weighted by Crippen LogP contribution is -2.49. The van der Waals surface area contributed by atoms with Crippen molar-refractivity contribution in [2.24, 2.45) is 5.92 Å². The molecule has 26 heavy (non-hydrogen) atoms. The second-order valence-corrected chi connectivity index (χ2v) is 7.26. The third-order valence-corrected chi connectivity index (χ3v) is 5.53. The molecule has 0 aliphatic carbocycles. The zero-order valence-electron chi connectivity index (χ0n) is 15.0. The minimum atomic E-state index is -0.403. The van der Waals surface area contributed by atoms with Gasteiger partial charge in [-0.3, -0.25) is 0 Å². The van der Waals surface area contributed by atoms with Gasteiger partial charge in [-0.1, -0.05) is 24.6 Å². The highest BCUT2D eigenvalue weighted by atomic mass is 19.1. The van der Waals surface area contributed by atoms with Crippen LogP contribution in [0.4, 0.5) is 21.8 Å². The van der Waals surface area contributed by atoms with E-state index in [4.69, 9.17) is 0 Å². The Morgan fingerprint density at radius 2 is 1.92 bits per heavy atom. The fourth-order valence-corrected chi connectivity index (χ4v) is 4.24. The maximum Gasteiger partial charge on any atom is 0.229 e. The lowest BCUT2D eigenvalue weighted by atomic mass is 9.83. The van der Waals surface area contributed by atoms with E-state index in [0.29, 0.717) is 17.9 Å². The molecule has 0 bridgehead atoms. The van der Waals surface area contributed by atoms with Crippen molar-refractivity contribution in [1.29, 1.82) is 0 Å². The molecule has 2 N–H and O–H groups in total. The van der Waals surface area contributed by atoms with Crippen molar-refractivity contribution >= 4 is 17.5 Å². The number of aromatic nitrogens is 2. The third kappa shape index (κ3) is 3.96. The van der Waals surface area contributed by atoms with Gasteiger partial charge in [0.1, 0.15) is 0 Å². The van der Waals surface area contributed by atoms with Gasteiger partial charge in [0.05, 0.1) is 6.20 Å². The number of rotatable bonds is 5. The first-order chi connectivity index (χ1) is 12.8. The van der Waals surface area contributed by atoms with Crippen LogP contribution < -0.4 is 10.6 Å². The average Bonchev–Trinajstić information content (AvgIpc) is 2.69. The number of benzene rings is 1. The van der Waals surface area contributed by atoms with Crippen LogP contribution in [-0.4, -0.2) is 40.5 Å². The highest BCUT2D eigenvalue weighted by molar-refractivity contribution is 5.54. The molecule has 0 saturated carbocycles. The summed E-state index contributed by atoms with van der Waals surface area (Å²) < 4.78 is 14.2. The number of nitrogens with zero attached hydrogens (tertiary/aromatic N) is 3. The number of fused-ring (bicyclic) bond motifs is 1. The Morgan fingerprint density at radius 1 is 1.08 bits per heavy atom. The Kier molecular flexibility index (Phi) is 5.29. The van der Waals surface area contributed by atoms with Gasteiger partial charge < -0.3 is 15.5 Å². The Balaban J connectivity index is 1.41. The van der Waals surface area contributed by atoms with E-state index in [-0.39, 0.29) is 5.82 Å². The van der Waals surface area contributed by atoms with Crippen molar-refractivity contribution in [3.8, 4) is 0 Å². The van der Waals surface area contributed by atoms with E-state index in [2.05, 4.69) is 25.5 Å². The van der Waals surface area contributed by atoms with Gasteiger partial charge in [0.2, 0.25) is 5.95 Å². The fraction of sp³-hybridized carbons (Fsp3) is 0.500. The quantitative estimate of drug-likeness (QED) is 0.848. The first-order valence-electron chi connectivity index (χ1n) is 9.62. The molecule has 0 radical (unpaired) electrons. The average molecular weight is 355 g/mol. The van der Waals surface area contributed by atoms with Crippen LogP contribution in [0.1, 0.15) is 32.1 Å². The lowest BCUT2D eigenvalue weighted by Gasteiger charge is -2.44. The second-order valence-electron chi connectivity index (χ2n) is 7.26. The summed E-state index contributed by atoms with van der Waals surface area (Å²) >= 11 is 0. The van der Waals surface area contributed by atoms with Crippen LogP contribution in [0.25, 0.3) is 0 Å². The number of halogens is 1. The minimum Gasteiger partial charge on any atom is -0.367 e. The van der Waals surface area contributed by atoms with E-state index < -0.39 is 5.82 Å². The van der Waals surface area contributed by atoms with Crippen molar-refractivity contribution < 1.29 is 4.39 Å². The standard InChI is InChI=1S/C20H26FN5/c21-17-14-23-20(24-16-8-2-1-3-9-16)25-19(17)22-13-15-7-6-12-26-11-5-4-10-18(15)26/h1-3,8-9,14-15,18H,4-7,10-13H2,(H2,22,23,24,25)/t15-,18+/m0/s1. The molecule has 0 unspecified atom stereocenters. The Bertz CT molecular complexity index is 721. The van der Waals surface area contributed by atoms with Gasteiger partial charge >= 0.3 is 0 Å². The molecule has 1 aromatic heterocycles. The zero-order chi connectivity index (χ0) is 17.8. The smallest absolute Gasteiger partial charge is 0.229 e. The van der Waals surface area contributed by atoms with Crippen molar-refractivity contribution in [2.75, 3.05) is 30.3 Å². The number of piperidine rings is 2. The molecule has 138 valence electrons. The van der Waals surface area contributed by atoms with E-state index in [0.717, 1.165) is 12.2 Å². The van der Waals surface area contributed by atoms with Crippen molar-refractivity contribution in [3.05, 3.63) is 42.3 Å². The summed E-state index contributed by atoms with van der Waals surface area (Å²) in [6.45, 7) is 3.20. The number of anilines is 3. The van der Waals surface area contributed by atoms with Gasteiger partial charge in [-0.25, -0.2) is 9.37 Å². The zero-order valence-corrected chi connectivity index (χ0v) is 15.0. The van der Waals surface area contributed by atoms with Crippen LogP contribution in [-0.2, 0) is 0 Å². The highest BCUT2D eigenvalue weighted by Crippen LogP contribution is 2.31. The van der Waals surface area contributed by atoms with Crippen molar-refractivity contribution in [2.45, 2.75) is 38.1 Å². The largest absolute Gasteiger partial charge is 0.367 e. The van der Waals surface area contributed by atoms with Crippen LogP contribution >= 0.6 is 0 Å². The second kappa shape index (κ2) is 7.99. The molecular weight excluding hydrogens is 329 g/mol. The Hall–Kier alpha value is -2.21. The van der Waals surface area contributed by atoms with Crippen LogP contribution in [0.15, 0.2) is 36.5 Å². The summed E-state index contributed by atoms with van der Waals surface area (Å²) in [6.07, 6.45) is 7.55. The summed E-state index contributed by atoms with van der Waals surface area (Å²) in [5.74, 6) is 0.846. The predicted molar refractivity (Wildman–Crippen MR) is 102 cm³/mol. The maximum absolute atomic E-state index is 14.2. The first kappa shape index (κ1) is 17.2.